The molecule has 0 spiro atoms. The average Bonchev–Trinajstić information content (AvgIpc) is 2.37. The normalized spacial score (nSPS) is 27.8. The van der Waals surface area contributed by atoms with Crippen LogP contribution in [0.2, 0.25) is 0 Å². The first-order valence-electron chi connectivity index (χ1n) is 7.16. The summed E-state index contributed by atoms with van der Waals surface area (Å²) in [5, 5.41) is 2.84. The molecule has 1 amide bonds. The summed E-state index contributed by atoms with van der Waals surface area (Å²) < 4.78 is 11.0. The number of rotatable bonds is 8. The Hall–Kier alpha value is -0.910. The number of carbonyl (C=O) groups excluding carboxylic acids is 1. The van der Waals surface area contributed by atoms with E-state index in [1.165, 1.54) is 0 Å². The summed E-state index contributed by atoms with van der Waals surface area (Å²) in [5.41, 5.74) is 6.01. The minimum atomic E-state index is -0.860. The van der Waals surface area contributed by atoms with Crippen molar-refractivity contribution in [3.8, 4) is 0 Å². The van der Waals surface area contributed by atoms with Crippen LogP contribution >= 0.6 is 0 Å². The first kappa shape index (κ1) is 17.1. The summed E-state index contributed by atoms with van der Waals surface area (Å²) in [4.78, 5) is 12.2. The van der Waals surface area contributed by atoms with Gasteiger partial charge in [-0.25, -0.2) is 0 Å². The maximum atomic E-state index is 12.2. The topological polar surface area (TPSA) is 73.6 Å². The molecule has 1 fully saturated rings. The molecule has 0 aromatic heterocycles. The zero-order chi connectivity index (χ0) is 15.4. The molecule has 0 saturated heterocycles. The van der Waals surface area contributed by atoms with Crippen molar-refractivity contribution in [1.29, 1.82) is 0 Å². The highest BCUT2D eigenvalue weighted by molar-refractivity contribution is 5.88. The van der Waals surface area contributed by atoms with Gasteiger partial charge in [0.25, 0.3) is 0 Å². The Kier molecular flexibility index (Phi) is 5.74. The summed E-state index contributed by atoms with van der Waals surface area (Å²) in [6.45, 7) is 13.6. The molecule has 0 aromatic rings. The number of carbonyl (C=O) groups is 1. The van der Waals surface area contributed by atoms with E-state index in [9.17, 15) is 4.79 Å². The van der Waals surface area contributed by atoms with Crippen LogP contribution in [0.5, 0.6) is 0 Å². The van der Waals surface area contributed by atoms with Gasteiger partial charge in [-0.3, -0.25) is 4.79 Å². The molecule has 0 aliphatic heterocycles. The van der Waals surface area contributed by atoms with E-state index in [-0.39, 0.29) is 17.4 Å². The number of amides is 1. The first-order valence-corrected chi connectivity index (χ1v) is 7.16. The van der Waals surface area contributed by atoms with E-state index in [2.05, 4.69) is 11.9 Å². The summed E-state index contributed by atoms with van der Waals surface area (Å²) in [6.07, 6.45) is 0.606. The van der Waals surface area contributed by atoms with Crippen LogP contribution < -0.4 is 11.1 Å². The number of ether oxygens (including phenoxy) is 2. The quantitative estimate of drug-likeness (QED) is 0.519. The maximum absolute atomic E-state index is 12.2. The molecule has 2 unspecified atom stereocenters. The van der Waals surface area contributed by atoms with Gasteiger partial charge in [0.15, 0.2) is 0 Å². The molecule has 2 atom stereocenters. The minimum Gasteiger partial charge on any atom is -0.378 e. The van der Waals surface area contributed by atoms with Crippen LogP contribution in [0.3, 0.4) is 0 Å². The van der Waals surface area contributed by atoms with E-state index in [1.54, 1.807) is 0 Å². The minimum absolute atomic E-state index is 0.0444. The standard InChI is InChI=1S/C15H28N2O3/c1-6-20-12-9-15(16,14(12,4)5)13(18)17-7-8-19-10-11(2)3/h12H,2,6-10,16H2,1,3-5H3,(H,17,18). The van der Waals surface area contributed by atoms with Gasteiger partial charge in [-0.05, 0) is 13.8 Å². The molecule has 1 saturated carbocycles. The molecule has 5 heteroatoms. The van der Waals surface area contributed by atoms with Crippen LogP contribution in [0.25, 0.3) is 0 Å². The monoisotopic (exact) mass is 284 g/mol. The van der Waals surface area contributed by atoms with Crippen molar-refractivity contribution in [2.24, 2.45) is 11.1 Å². The largest absolute Gasteiger partial charge is 0.378 e. The van der Waals surface area contributed by atoms with Gasteiger partial charge in [0, 0.05) is 25.0 Å². The fourth-order valence-corrected chi connectivity index (χ4v) is 2.46. The van der Waals surface area contributed by atoms with E-state index in [0.717, 1.165) is 5.57 Å². The zero-order valence-electron chi connectivity index (χ0n) is 13.1. The highest BCUT2D eigenvalue weighted by atomic mass is 16.5. The Labute approximate surface area is 121 Å². The SMILES string of the molecule is C=C(C)COCCNC(=O)C1(N)CC(OCC)C1(C)C. The van der Waals surface area contributed by atoms with Crippen LogP contribution in [-0.4, -0.2) is 43.9 Å². The second kappa shape index (κ2) is 6.70. The highest BCUT2D eigenvalue weighted by Gasteiger charge is 2.62. The molecule has 0 radical (unpaired) electrons. The number of nitrogens with one attached hydrogen (secondary N) is 1. The summed E-state index contributed by atoms with van der Waals surface area (Å²) in [5.74, 6) is -0.127. The van der Waals surface area contributed by atoms with Crippen LogP contribution in [0.15, 0.2) is 12.2 Å². The smallest absolute Gasteiger partial charge is 0.240 e. The Morgan fingerprint density at radius 2 is 2.15 bits per heavy atom. The molecule has 116 valence electrons. The number of nitrogens with two attached hydrogens (primary N) is 1. The van der Waals surface area contributed by atoms with Crippen molar-refractivity contribution in [1.82, 2.24) is 5.32 Å². The fourth-order valence-electron chi connectivity index (χ4n) is 2.46. The molecule has 0 heterocycles. The van der Waals surface area contributed by atoms with E-state index < -0.39 is 5.54 Å². The molecular weight excluding hydrogens is 256 g/mol. The Balaban J connectivity index is 2.38. The second-order valence-electron chi connectivity index (χ2n) is 6.11. The molecule has 0 aromatic carbocycles. The summed E-state index contributed by atoms with van der Waals surface area (Å²) in [7, 11) is 0. The third-order valence-corrected chi connectivity index (χ3v) is 4.12. The van der Waals surface area contributed by atoms with Gasteiger partial charge in [0.1, 0.15) is 5.54 Å². The van der Waals surface area contributed by atoms with Crippen LogP contribution in [0.4, 0.5) is 0 Å². The van der Waals surface area contributed by atoms with E-state index >= 15 is 0 Å². The lowest BCUT2D eigenvalue weighted by atomic mass is 9.54. The van der Waals surface area contributed by atoms with E-state index in [0.29, 0.717) is 32.8 Å². The van der Waals surface area contributed by atoms with Crippen molar-refractivity contribution in [3.05, 3.63) is 12.2 Å². The molecule has 20 heavy (non-hydrogen) atoms. The van der Waals surface area contributed by atoms with Crippen molar-refractivity contribution in [2.75, 3.05) is 26.4 Å². The van der Waals surface area contributed by atoms with Gasteiger partial charge in [-0.2, -0.15) is 0 Å². The lowest BCUT2D eigenvalue weighted by Crippen LogP contribution is -2.75. The zero-order valence-corrected chi connectivity index (χ0v) is 13.1. The van der Waals surface area contributed by atoms with Gasteiger partial charge < -0.3 is 20.5 Å². The lowest BCUT2D eigenvalue weighted by Gasteiger charge is -2.57. The van der Waals surface area contributed by atoms with Crippen LogP contribution in [0, 0.1) is 5.41 Å². The third-order valence-electron chi connectivity index (χ3n) is 4.12. The van der Waals surface area contributed by atoms with Crippen molar-refractivity contribution in [2.45, 2.75) is 45.8 Å². The van der Waals surface area contributed by atoms with Crippen molar-refractivity contribution < 1.29 is 14.3 Å². The molecule has 1 aliphatic rings. The van der Waals surface area contributed by atoms with Crippen LogP contribution in [0.1, 0.15) is 34.1 Å². The molecule has 5 nitrogen and oxygen atoms in total. The molecule has 1 rings (SSSR count). The highest BCUT2D eigenvalue weighted by Crippen LogP contribution is 2.49. The Morgan fingerprint density at radius 1 is 1.50 bits per heavy atom. The van der Waals surface area contributed by atoms with Crippen LogP contribution in [-0.2, 0) is 14.3 Å². The van der Waals surface area contributed by atoms with Gasteiger partial charge in [0.05, 0.1) is 19.3 Å². The van der Waals surface area contributed by atoms with Crippen molar-refractivity contribution in [3.63, 3.8) is 0 Å². The Morgan fingerprint density at radius 3 is 2.65 bits per heavy atom. The average molecular weight is 284 g/mol. The van der Waals surface area contributed by atoms with E-state index in [1.807, 2.05) is 27.7 Å². The van der Waals surface area contributed by atoms with Gasteiger partial charge >= 0.3 is 0 Å². The Bertz CT molecular complexity index is 368. The lowest BCUT2D eigenvalue weighted by molar-refractivity contribution is -0.170. The predicted molar refractivity (Wildman–Crippen MR) is 79.4 cm³/mol. The van der Waals surface area contributed by atoms with Gasteiger partial charge in [-0.15, -0.1) is 0 Å². The number of hydrogen-bond acceptors (Lipinski definition) is 4. The molecule has 3 N–H and O–H groups in total. The molecular formula is C15H28N2O3. The van der Waals surface area contributed by atoms with Gasteiger partial charge in [-0.1, -0.05) is 26.0 Å². The number of hydrogen-bond donors (Lipinski definition) is 2. The van der Waals surface area contributed by atoms with E-state index in [4.69, 9.17) is 15.2 Å². The van der Waals surface area contributed by atoms with Gasteiger partial charge in [0.2, 0.25) is 5.91 Å². The predicted octanol–water partition coefficient (Wildman–Crippen LogP) is 1.23. The maximum Gasteiger partial charge on any atom is 0.240 e. The third kappa shape index (κ3) is 3.40. The van der Waals surface area contributed by atoms with Crippen molar-refractivity contribution >= 4 is 5.91 Å². The summed E-state index contributed by atoms with van der Waals surface area (Å²) >= 11 is 0. The first-order chi connectivity index (χ1) is 9.25. The molecule has 1 aliphatic carbocycles. The second-order valence-corrected chi connectivity index (χ2v) is 6.11. The summed E-state index contributed by atoms with van der Waals surface area (Å²) in [6, 6.07) is 0. The molecule has 0 bridgehead atoms. The fraction of sp³-hybridized carbons (Fsp3) is 0.800.